The van der Waals surface area contributed by atoms with E-state index in [-0.39, 0.29) is 24.5 Å². The van der Waals surface area contributed by atoms with Gasteiger partial charge in [0.25, 0.3) is 5.69 Å². The van der Waals surface area contributed by atoms with Gasteiger partial charge in [0.1, 0.15) is 0 Å². The SMILES string of the molecule is O=C(O)C1CN(C(=O)Nc2cc([N+](=O)[O-])ccc2Br)C1. The number of carbonyl (C=O) groups excluding carboxylic acids is 1. The normalized spacial score (nSPS) is 14.6. The molecular weight excluding hydrogens is 334 g/mol. The van der Waals surface area contributed by atoms with Crippen LogP contribution in [0.4, 0.5) is 16.2 Å². The van der Waals surface area contributed by atoms with Crippen molar-refractivity contribution in [2.24, 2.45) is 5.92 Å². The molecule has 1 aliphatic rings. The van der Waals surface area contributed by atoms with Crippen LogP contribution in [0.2, 0.25) is 0 Å². The number of nitro benzene ring substituents is 1. The van der Waals surface area contributed by atoms with Gasteiger partial charge in [0, 0.05) is 29.7 Å². The molecule has 1 fully saturated rings. The maximum absolute atomic E-state index is 11.8. The third-order valence-electron chi connectivity index (χ3n) is 2.92. The Hall–Kier alpha value is -2.16. The van der Waals surface area contributed by atoms with Crippen LogP contribution < -0.4 is 5.32 Å². The molecule has 0 aromatic heterocycles. The molecule has 0 atom stereocenters. The van der Waals surface area contributed by atoms with Gasteiger partial charge in [-0.15, -0.1) is 0 Å². The molecule has 1 aromatic rings. The van der Waals surface area contributed by atoms with Crippen LogP contribution in [0.3, 0.4) is 0 Å². The number of anilines is 1. The van der Waals surface area contributed by atoms with Crippen molar-refractivity contribution in [1.82, 2.24) is 4.90 Å². The highest BCUT2D eigenvalue weighted by Crippen LogP contribution is 2.28. The number of nitro groups is 1. The number of nitrogens with zero attached hydrogens (tertiary/aromatic N) is 2. The Kier molecular flexibility index (Phi) is 3.89. The van der Waals surface area contributed by atoms with Crippen molar-refractivity contribution in [1.29, 1.82) is 0 Å². The molecule has 0 saturated carbocycles. The number of carboxylic acid groups (broad SMARTS) is 1. The van der Waals surface area contributed by atoms with Crippen LogP contribution in [0.15, 0.2) is 22.7 Å². The lowest BCUT2D eigenvalue weighted by Crippen LogP contribution is -2.54. The first-order valence-corrected chi connectivity index (χ1v) is 6.40. The van der Waals surface area contributed by atoms with Crippen LogP contribution in [0, 0.1) is 16.0 Å². The largest absolute Gasteiger partial charge is 0.481 e. The monoisotopic (exact) mass is 343 g/mol. The maximum Gasteiger partial charge on any atom is 0.321 e. The minimum atomic E-state index is -0.939. The first kappa shape index (κ1) is 14.3. The van der Waals surface area contributed by atoms with Crippen molar-refractivity contribution in [3.05, 3.63) is 32.8 Å². The van der Waals surface area contributed by atoms with Gasteiger partial charge in [0.2, 0.25) is 0 Å². The van der Waals surface area contributed by atoms with Gasteiger partial charge in [-0.1, -0.05) is 0 Å². The second-order valence-corrected chi connectivity index (χ2v) is 5.15. The number of halogens is 1. The molecule has 1 aromatic carbocycles. The number of non-ortho nitro benzene ring substituents is 1. The van der Waals surface area contributed by atoms with Crippen molar-refractivity contribution < 1.29 is 19.6 Å². The smallest absolute Gasteiger partial charge is 0.321 e. The minimum Gasteiger partial charge on any atom is -0.481 e. The second kappa shape index (κ2) is 5.45. The fraction of sp³-hybridized carbons (Fsp3) is 0.273. The number of amides is 2. The highest BCUT2D eigenvalue weighted by molar-refractivity contribution is 9.10. The number of likely N-dealkylation sites (tertiary alicyclic amines) is 1. The number of hydrogen-bond acceptors (Lipinski definition) is 4. The summed E-state index contributed by atoms with van der Waals surface area (Å²) in [6.07, 6.45) is 0. The summed E-state index contributed by atoms with van der Waals surface area (Å²) in [6, 6.07) is 3.52. The van der Waals surface area contributed by atoms with Gasteiger partial charge in [0.15, 0.2) is 0 Å². The van der Waals surface area contributed by atoms with E-state index in [9.17, 15) is 19.7 Å². The third kappa shape index (κ3) is 2.87. The average molecular weight is 344 g/mol. The second-order valence-electron chi connectivity index (χ2n) is 4.29. The van der Waals surface area contributed by atoms with Crippen LogP contribution >= 0.6 is 15.9 Å². The number of urea groups is 1. The zero-order chi connectivity index (χ0) is 14.9. The molecule has 0 radical (unpaired) electrons. The summed E-state index contributed by atoms with van der Waals surface area (Å²) in [6.45, 7) is 0.265. The molecule has 1 heterocycles. The Labute approximate surface area is 121 Å². The van der Waals surface area contributed by atoms with Crippen LogP contribution in [-0.2, 0) is 4.79 Å². The van der Waals surface area contributed by atoms with E-state index in [1.807, 2.05) is 0 Å². The van der Waals surface area contributed by atoms with Crippen molar-refractivity contribution >= 4 is 39.3 Å². The van der Waals surface area contributed by atoms with Crippen molar-refractivity contribution in [2.45, 2.75) is 0 Å². The van der Waals surface area contributed by atoms with E-state index < -0.39 is 22.8 Å². The molecule has 2 rings (SSSR count). The summed E-state index contributed by atoms with van der Waals surface area (Å²) < 4.78 is 0.506. The van der Waals surface area contributed by atoms with E-state index in [4.69, 9.17) is 5.11 Å². The summed E-state index contributed by atoms with van der Waals surface area (Å²) in [5.74, 6) is -1.49. The van der Waals surface area contributed by atoms with Crippen LogP contribution in [0.1, 0.15) is 0 Å². The zero-order valence-corrected chi connectivity index (χ0v) is 11.7. The summed E-state index contributed by atoms with van der Waals surface area (Å²) in [5, 5.41) is 21.9. The Morgan fingerprint density at radius 2 is 2.10 bits per heavy atom. The highest BCUT2D eigenvalue weighted by atomic mass is 79.9. The number of carbonyl (C=O) groups is 2. The van der Waals surface area contributed by atoms with Crippen LogP contribution in [0.5, 0.6) is 0 Å². The molecule has 0 aliphatic carbocycles. The Morgan fingerprint density at radius 1 is 1.45 bits per heavy atom. The number of rotatable bonds is 3. The predicted octanol–water partition coefficient (Wildman–Crippen LogP) is 1.91. The molecule has 0 spiro atoms. The van der Waals surface area contributed by atoms with E-state index in [0.717, 1.165) is 0 Å². The minimum absolute atomic E-state index is 0.133. The van der Waals surface area contributed by atoms with E-state index in [2.05, 4.69) is 21.2 Å². The first-order chi connectivity index (χ1) is 9.38. The first-order valence-electron chi connectivity index (χ1n) is 5.61. The van der Waals surface area contributed by atoms with E-state index in [0.29, 0.717) is 4.47 Å². The Morgan fingerprint density at radius 3 is 2.65 bits per heavy atom. The molecule has 20 heavy (non-hydrogen) atoms. The molecular formula is C11H10BrN3O5. The molecule has 106 valence electrons. The number of nitrogens with one attached hydrogen (secondary N) is 1. The summed E-state index contributed by atoms with van der Waals surface area (Å²) in [7, 11) is 0. The molecule has 2 N–H and O–H groups in total. The van der Waals surface area contributed by atoms with Crippen LogP contribution in [-0.4, -0.2) is 40.0 Å². The van der Waals surface area contributed by atoms with Crippen LogP contribution in [0.25, 0.3) is 0 Å². The molecule has 1 saturated heterocycles. The lowest BCUT2D eigenvalue weighted by Gasteiger charge is -2.36. The maximum atomic E-state index is 11.8. The molecule has 0 unspecified atom stereocenters. The summed E-state index contributed by atoms with van der Waals surface area (Å²) >= 11 is 3.18. The van der Waals surface area contributed by atoms with Crippen molar-refractivity contribution in [3.8, 4) is 0 Å². The topological polar surface area (TPSA) is 113 Å². The van der Waals surface area contributed by atoms with Gasteiger partial charge < -0.3 is 15.3 Å². The number of carboxylic acids is 1. The summed E-state index contributed by atoms with van der Waals surface area (Å²) in [4.78, 5) is 33.9. The Balaban J connectivity index is 2.03. The molecule has 9 heteroatoms. The van der Waals surface area contributed by atoms with Gasteiger partial charge in [-0.3, -0.25) is 14.9 Å². The van der Waals surface area contributed by atoms with Crippen molar-refractivity contribution in [3.63, 3.8) is 0 Å². The lowest BCUT2D eigenvalue weighted by atomic mass is 10.0. The van der Waals surface area contributed by atoms with E-state index in [1.165, 1.54) is 23.1 Å². The standard InChI is InChI=1S/C11H10BrN3O5/c12-8-2-1-7(15(19)20)3-9(8)13-11(18)14-4-6(5-14)10(16)17/h1-3,6H,4-5H2,(H,13,18)(H,16,17). The van der Waals surface area contributed by atoms with E-state index in [1.54, 1.807) is 0 Å². The quantitative estimate of drug-likeness (QED) is 0.642. The van der Waals surface area contributed by atoms with E-state index >= 15 is 0 Å². The average Bonchev–Trinajstić information content (AvgIpc) is 2.29. The molecule has 2 amide bonds. The Bertz CT molecular complexity index is 585. The number of aliphatic carboxylic acids is 1. The molecule has 8 nitrogen and oxygen atoms in total. The summed E-state index contributed by atoms with van der Waals surface area (Å²) in [5.41, 5.74) is 0.124. The fourth-order valence-corrected chi connectivity index (χ4v) is 2.06. The number of hydrogen-bond donors (Lipinski definition) is 2. The van der Waals surface area contributed by atoms with Gasteiger partial charge in [0.05, 0.1) is 16.5 Å². The zero-order valence-electron chi connectivity index (χ0n) is 10.1. The number of benzene rings is 1. The fourth-order valence-electron chi connectivity index (χ4n) is 1.72. The predicted molar refractivity (Wildman–Crippen MR) is 72.5 cm³/mol. The van der Waals surface area contributed by atoms with Gasteiger partial charge in [-0.2, -0.15) is 0 Å². The molecule has 1 aliphatic heterocycles. The van der Waals surface area contributed by atoms with Crippen molar-refractivity contribution in [2.75, 3.05) is 18.4 Å². The highest BCUT2D eigenvalue weighted by Gasteiger charge is 2.35. The van der Waals surface area contributed by atoms with Gasteiger partial charge in [-0.25, -0.2) is 4.79 Å². The van der Waals surface area contributed by atoms with Gasteiger partial charge >= 0.3 is 12.0 Å². The van der Waals surface area contributed by atoms with Gasteiger partial charge in [-0.05, 0) is 22.0 Å². The third-order valence-corrected chi connectivity index (χ3v) is 3.61. The lowest BCUT2D eigenvalue weighted by molar-refractivity contribution is -0.384. The molecule has 0 bridgehead atoms.